The summed E-state index contributed by atoms with van der Waals surface area (Å²) in [5, 5.41) is 17.9. The Bertz CT molecular complexity index is 371. The molecule has 12 heavy (non-hydrogen) atoms. The molecule has 0 spiro atoms. The van der Waals surface area contributed by atoms with Gasteiger partial charge in [-0.05, 0) is 37.9 Å². The largest absolute Gasteiger partial charge is 0.505 e. The predicted molar refractivity (Wildman–Crippen MR) is 52.6 cm³/mol. The van der Waals surface area contributed by atoms with Crippen molar-refractivity contribution in [3.63, 3.8) is 0 Å². The smallest absolute Gasteiger partial charge is 0.146 e. The van der Waals surface area contributed by atoms with E-state index in [2.05, 4.69) is 31.9 Å². The van der Waals surface area contributed by atoms with Gasteiger partial charge in [-0.1, -0.05) is 0 Å². The summed E-state index contributed by atoms with van der Waals surface area (Å²) in [6.07, 6.45) is 0. The number of aromatic hydroxyl groups is 1. The van der Waals surface area contributed by atoms with Gasteiger partial charge in [-0.3, -0.25) is 0 Å². The molecule has 0 saturated heterocycles. The van der Waals surface area contributed by atoms with Crippen LogP contribution < -0.4 is 5.73 Å². The lowest BCUT2D eigenvalue weighted by atomic mass is 10.2. The summed E-state index contributed by atoms with van der Waals surface area (Å²) < 4.78 is 0.786. The van der Waals surface area contributed by atoms with Gasteiger partial charge in [0.05, 0.1) is 20.2 Å². The maximum absolute atomic E-state index is 9.32. The van der Waals surface area contributed by atoms with E-state index in [4.69, 9.17) is 11.0 Å². The van der Waals surface area contributed by atoms with Gasteiger partial charge in [0.15, 0.2) is 0 Å². The van der Waals surface area contributed by atoms with Crippen LogP contribution in [0, 0.1) is 11.3 Å². The first-order valence-electron chi connectivity index (χ1n) is 2.94. The number of rotatable bonds is 0. The molecule has 0 aromatic heterocycles. The van der Waals surface area contributed by atoms with Crippen LogP contribution in [-0.2, 0) is 0 Å². The highest BCUT2D eigenvalue weighted by atomic mass is 79.9. The first-order valence-corrected chi connectivity index (χ1v) is 4.53. The average molecular weight is 292 g/mol. The van der Waals surface area contributed by atoms with E-state index < -0.39 is 0 Å². The van der Waals surface area contributed by atoms with E-state index in [1.54, 1.807) is 0 Å². The fourth-order valence-corrected chi connectivity index (χ4v) is 1.84. The molecule has 1 rings (SSSR count). The van der Waals surface area contributed by atoms with Crippen LogP contribution in [-0.4, -0.2) is 5.11 Å². The Morgan fingerprint density at radius 2 is 2.08 bits per heavy atom. The van der Waals surface area contributed by atoms with E-state index >= 15 is 0 Å². The Morgan fingerprint density at radius 3 is 2.58 bits per heavy atom. The monoisotopic (exact) mass is 290 g/mol. The number of nitrogen functional groups attached to an aromatic ring is 1. The molecule has 3 N–H and O–H groups in total. The number of phenolic OH excluding ortho intramolecular Hbond substituents is 1. The molecular formula is C7H4Br2N2O. The zero-order valence-electron chi connectivity index (χ0n) is 5.81. The SMILES string of the molecule is N#Cc1cc(Br)c(O)c(Br)c1N. The molecule has 0 saturated carbocycles. The van der Waals surface area contributed by atoms with Crippen molar-refractivity contribution >= 4 is 37.5 Å². The fraction of sp³-hybridized carbons (Fsp3) is 0. The number of benzene rings is 1. The lowest BCUT2D eigenvalue weighted by Crippen LogP contribution is -1.92. The number of anilines is 1. The molecule has 3 nitrogen and oxygen atoms in total. The molecule has 0 aliphatic heterocycles. The first kappa shape index (κ1) is 9.36. The lowest BCUT2D eigenvalue weighted by Gasteiger charge is -2.04. The Labute approximate surface area is 86.1 Å². The van der Waals surface area contributed by atoms with Gasteiger partial charge in [-0.25, -0.2) is 0 Å². The van der Waals surface area contributed by atoms with Gasteiger partial charge in [0.1, 0.15) is 11.8 Å². The summed E-state index contributed by atoms with van der Waals surface area (Å²) in [5.41, 5.74) is 6.09. The third-order valence-electron chi connectivity index (χ3n) is 1.35. The maximum atomic E-state index is 9.32. The average Bonchev–Trinajstić information content (AvgIpc) is 2.08. The second-order valence-corrected chi connectivity index (χ2v) is 3.74. The second-order valence-electron chi connectivity index (χ2n) is 2.09. The molecule has 0 aliphatic carbocycles. The van der Waals surface area contributed by atoms with Crippen molar-refractivity contribution < 1.29 is 5.11 Å². The number of phenols is 1. The van der Waals surface area contributed by atoms with Crippen LogP contribution in [0.25, 0.3) is 0 Å². The van der Waals surface area contributed by atoms with Crippen molar-refractivity contribution in [3.05, 3.63) is 20.6 Å². The highest BCUT2D eigenvalue weighted by molar-refractivity contribution is 9.11. The summed E-state index contributed by atoms with van der Waals surface area (Å²) >= 11 is 6.15. The molecule has 0 aliphatic rings. The number of nitrogens with zero attached hydrogens (tertiary/aromatic N) is 1. The van der Waals surface area contributed by atoms with Gasteiger partial charge in [0, 0.05) is 0 Å². The molecule has 0 bridgehead atoms. The van der Waals surface area contributed by atoms with Crippen LogP contribution in [0.4, 0.5) is 5.69 Å². The number of hydrogen-bond donors (Lipinski definition) is 2. The molecule has 0 atom stereocenters. The zero-order valence-corrected chi connectivity index (χ0v) is 8.98. The quantitative estimate of drug-likeness (QED) is 0.721. The number of nitrogens with two attached hydrogens (primary N) is 1. The third kappa shape index (κ3) is 1.40. The standard InChI is InChI=1S/C7H4Br2N2O/c8-4-1-3(2-10)6(11)5(9)7(4)12/h1,12H,11H2. The minimum atomic E-state index is 0.00602. The van der Waals surface area contributed by atoms with E-state index in [9.17, 15) is 5.11 Å². The highest BCUT2D eigenvalue weighted by Crippen LogP contribution is 2.38. The lowest BCUT2D eigenvalue weighted by molar-refractivity contribution is 0.469. The number of halogens is 2. The molecule has 5 heteroatoms. The Hall–Kier alpha value is -0.730. The van der Waals surface area contributed by atoms with Gasteiger partial charge in [-0.2, -0.15) is 5.26 Å². The first-order chi connectivity index (χ1) is 5.57. The Kier molecular flexibility index (Phi) is 2.60. The van der Waals surface area contributed by atoms with Crippen molar-refractivity contribution in [3.8, 4) is 11.8 Å². The number of nitriles is 1. The van der Waals surface area contributed by atoms with Gasteiger partial charge in [0.25, 0.3) is 0 Å². The molecule has 0 amide bonds. The summed E-state index contributed by atoms with van der Waals surface area (Å²) in [7, 11) is 0. The molecular weight excluding hydrogens is 288 g/mol. The van der Waals surface area contributed by atoms with Gasteiger partial charge >= 0.3 is 0 Å². The van der Waals surface area contributed by atoms with Crippen LogP contribution in [0.5, 0.6) is 5.75 Å². The summed E-state index contributed by atoms with van der Waals surface area (Å²) in [4.78, 5) is 0. The third-order valence-corrected chi connectivity index (χ3v) is 2.76. The fourth-order valence-electron chi connectivity index (χ4n) is 0.716. The topological polar surface area (TPSA) is 70.0 Å². The van der Waals surface area contributed by atoms with Crippen molar-refractivity contribution in [2.24, 2.45) is 0 Å². The predicted octanol–water partition coefficient (Wildman–Crippen LogP) is 2.37. The van der Waals surface area contributed by atoms with E-state index in [1.807, 2.05) is 6.07 Å². The Balaban J connectivity index is 3.52. The van der Waals surface area contributed by atoms with Crippen molar-refractivity contribution in [1.29, 1.82) is 5.26 Å². The minimum absolute atomic E-state index is 0.00602. The summed E-state index contributed by atoms with van der Waals surface area (Å²) in [6.45, 7) is 0. The van der Waals surface area contributed by atoms with Crippen LogP contribution in [0.1, 0.15) is 5.56 Å². The van der Waals surface area contributed by atoms with Crippen molar-refractivity contribution in [2.45, 2.75) is 0 Å². The van der Waals surface area contributed by atoms with E-state index in [-0.39, 0.29) is 11.4 Å². The van der Waals surface area contributed by atoms with Crippen LogP contribution in [0.3, 0.4) is 0 Å². The van der Waals surface area contributed by atoms with Gasteiger partial charge in [-0.15, -0.1) is 0 Å². The van der Waals surface area contributed by atoms with Crippen molar-refractivity contribution in [2.75, 3.05) is 5.73 Å². The minimum Gasteiger partial charge on any atom is -0.505 e. The van der Waals surface area contributed by atoms with Crippen LogP contribution in [0.2, 0.25) is 0 Å². The molecule has 0 radical (unpaired) electrons. The van der Waals surface area contributed by atoms with E-state index in [1.165, 1.54) is 6.07 Å². The van der Waals surface area contributed by atoms with Gasteiger partial charge < -0.3 is 10.8 Å². The molecule has 0 fully saturated rings. The van der Waals surface area contributed by atoms with Crippen LogP contribution in [0.15, 0.2) is 15.0 Å². The van der Waals surface area contributed by atoms with Gasteiger partial charge in [0.2, 0.25) is 0 Å². The number of hydrogen-bond acceptors (Lipinski definition) is 3. The van der Waals surface area contributed by atoms with Crippen molar-refractivity contribution in [1.82, 2.24) is 0 Å². The Morgan fingerprint density at radius 1 is 1.50 bits per heavy atom. The maximum Gasteiger partial charge on any atom is 0.146 e. The molecule has 0 heterocycles. The molecule has 62 valence electrons. The highest BCUT2D eigenvalue weighted by Gasteiger charge is 2.11. The normalized spacial score (nSPS) is 9.42. The zero-order chi connectivity index (χ0) is 9.30. The second kappa shape index (κ2) is 3.33. The van der Waals surface area contributed by atoms with E-state index in [0.29, 0.717) is 14.5 Å². The van der Waals surface area contributed by atoms with E-state index in [0.717, 1.165) is 0 Å². The summed E-state index contributed by atoms with van der Waals surface area (Å²) in [6, 6.07) is 3.38. The molecule has 0 unspecified atom stereocenters. The summed E-state index contributed by atoms with van der Waals surface area (Å²) in [5.74, 6) is 0.00602. The molecule has 1 aromatic rings. The van der Waals surface area contributed by atoms with Crippen LogP contribution >= 0.6 is 31.9 Å². The molecule has 1 aromatic carbocycles.